The summed E-state index contributed by atoms with van der Waals surface area (Å²) >= 11 is 0. The van der Waals surface area contributed by atoms with Crippen molar-refractivity contribution >= 4 is 5.97 Å². The molecular weight excluding hydrogens is 309 g/mol. The molecule has 1 aromatic rings. The summed E-state index contributed by atoms with van der Waals surface area (Å²) in [5, 5.41) is 8.65. The number of hydrogen-bond acceptors (Lipinski definition) is 2. The Morgan fingerprint density at radius 3 is 2.52 bits per heavy atom. The average Bonchev–Trinajstić information content (AvgIpc) is 2.51. The fraction of sp³-hybridized carbons (Fsp3) is 0.588. The van der Waals surface area contributed by atoms with Gasteiger partial charge in [0.2, 0.25) is 0 Å². The van der Waals surface area contributed by atoms with Gasteiger partial charge in [-0.05, 0) is 42.9 Å². The van der Waals surface area contributed by atoms with E-state index in [0.717, 1.165) is 31.7 Å². The van der Waals surface area contributed by atoms with E-state index in [2.05, 4.69) is 0 Å². The topological polar surface area (TPSA) is 46.5 Å². The van der Waals surface area contributed by atoms with E-state index in [-0.39, 0.29) is 24.2 Å². The Hall–Kier alpha value is -1.72. The zero-order chi connectivity index (χ0) is 16.9. The van der Waals surface area contributed by atoms with Crippen LogP contribution in [0.1, 0.15) is 49.7 Å². The predicted molar refractivity (Wildman–Crippen MR) is 79.5 cm³/mol. The maximum Gasteiger partial charge on any atom is 0.416 e. The standard InChI is InChI=1S/C17H21F3O3/c18-17(19,20)15-10-14(8-6-13(15)7-9-16(21)22)23-11-12-4-2-1-3-5-12/h6,8,10,12H,1-5,7,9,11H2,(H,21,22). The van der Waals surface area contributed by atoms with Gasteiger partial charge in [0.25, 0.3) is 0 Å². The van der Waals surface area contributed by atoms with Crippen molar-refractivity contribution in [3.63, 3.8) is 0 Å². The molecule has 6 heteroatoms. The lowest BCUT2D eigenvalue weighted by atomic mass is 9.90. The maximum atomic E-state index is 13.1. The molecule has 1 fully saturated rings. The first kappa shape index (κ1) is 17.6. The summed E-state index contributed by atoms with van der Waals surface area (Å²) in [5.74, 6) is -0.512. The van der Waals surface area contributed by atoms with Gasteiger partial charge in [0, 0.05) is 6.42 Å². The molecule has 1 saturated carbocycles. The third-order valence-electron chi connectivity index (χ3n) is 4.21. The van der Waals surface area contributed by atoms with E-state index in [1.54, 1.807) is 0 Å². The summed E-state index contributed by atoms with van der Waals surface area (Å²) in [7, 11) is 0. The molecule has 0 heterocycles. The minimum absolute atomic E-state index is 0.00934. The molecule has 0 spiro atoms. The minimum Gasteiger partial charge on any atom is -0.493 e. The van der Waals surface area contributed by atoms with Crippen molar-refractivity contribution in [2.75, 3.05) is 6.61 Å². The second kappa shape index (κ2) is 7.70. The normalized spacial score (nSPS) is 16.3. The molecule has 3 nitrogen and oxygen atoms in total. The molecule has 1 N–H and O–H groups in total. The number of carboxylic acid groups (broad SMARTS) is 1. The Morgan fingerprint density at radius 2 is 1.91 bits per heavy atom. The number of carboxylic acids is 1. The molecule has 0 bridgehead atoms. The Morgan fingerprint density at radius 1 is 1.22 bits per heavy atom. The van der Waals surface area contributed by atoms with Crippen molar-refractivity contribution in [3.8, 4) is 5.75 Å². The lowest BCUT2D eigenvalue weighted by Crippen LogP contribution is -2.16. The molecule has 0 saturated heterocycles. The van der Waals surface area contributed by atoms with E-state index in [4.69, 9.17) is 9.84 Å². The number of hydrogen-bond donors (Lipinski definition) is 1. The quantitative estimate of drug-likeness (QED) is 0.823. The fourth-order valence-corrected chi connectivity index (χ4v) is 2.94. The van der Waals surface area contributed by atoms with E-state index >= 15 is 0 Å². The smallest absolute Gasteiger partial charge is 0.416 e. The fourth-order valence-electron chi connectivity index (χ4n) is 2.94. The second-order valence-corrected chi connectivity index (χ2v) is 6.03. The van der Waals surface area contributed by atoms with Crippen LogP contribution in [0.5, 0.6) is 5.75 Å². The molecule has 23 heavy (non-hydrogen) atoms. The van der Waals surface area contributed by atoms with E-state index < -0.39 is 17.7 Å². The van der Waals surface area contributed by atoms with Crippen molar-refractivity contribution in [3.05, 3.63) is 29.3 Å². The van der Waals surface area contributed by atoms with Crippen molar-refractivity contribution in [2.24, 2.45) is 5.92 Å². The highest BCUT2D eigenvalue weighted by molar-refractivity contribution is 5.67. The highest BCUT2D eigenvalue weighted by atomic mass is 19.4. The molecule has 1 aliphatic carbocycles. The molecule has 1 aromatic carbocycles. The van der Waals surface area contributed by atoms with Crippen LogP contribution in [0, 0.1) is 5.92 Å². The molecule has 0 aliphatic heterocycles. The molecule has 0 amide bonds. The van der Waals surface area contributed by atoms with Gasteiger partial charge in [0.1, 0.15) is 5.75 Å². The molecular formula is C17H21F3O3. The first-order valence-electron chi connectivity index (χ1n) is 7.91. The molecule has 128 valence electrons. The van der Waals surface area contributed by atoms with Crippen LogP contribution in [0.2, 0.25) is 0 Å². The van der Waals surface area contributed by atoms with Gasteiger partial charge in [-0.3, -0.25) is 4.79 Å². The van der Waals surface area contributed by atoms with Crippen LogP contribution in [0.4, 0.5) is 13.2 Å². The molecule has 2 rings (SSSR count). The third kappa shape index (κ3) is 5.44. The Kier molecular flexibility index (Phi) is 5.91. The number of aliphatic carboxylic acids is 1. The summed E-state index contributed by atoms with van der Waals surface area (Å²) < 4.78 is 45.0. The van der Waals surface area contributed by atoms with Crippen LogP contribution in [0.15, 0.2) is 18.2 Å². The van der Waals surface area contributed by atoms with E-state index in [0.29, 0.717) is 12.5 Å². The van der Waals surface area contributed by atoms with Gasteiger partial charge >= 0.3 is 12.1 Å². The van der Waals surface area contributed by atoms with E-state index in [1.807, 2.05) is 0 Å². The Labute approximate surface area is 133 Å². The zero-order valence-corrected chi connectivity index (χ0v) is 12.9. The molecule has 0 aromatic heterocycles. The monoisotopic (exact) mass is 330 g/mol. The third-order valence-corrected chi connectivity index (χ3v) is 4.21. The van der Waals surface area contributed by atoms with Gasteiger partial charge in [-0.15, -0.1) is 0 Å². The molecule has 0 radical (unpaired) electrons. The molecule has 1 aliphatic rings. The lowest BCUT2D eigenvalue weighted by molar-refractivity contribution is -0.140. The van der Waals surface area contributed by atoms with Gasteiger partial charge in [0.15, 0.2) is 0 Å². The van der Waals surface area contributed by atoms with Crippen molar-refractivity contribution in [2.45, 2.75) is 51.1 Å². The summed E-state index contributed by atoms with van der Waals surface area (Å²) in [6.07, 6.45) is 0.640. The van der Waals surface area contributed by atoms with Crippen LogP contribution in [0.3, 0.4) is 0 Å². The van der Waals surface area contributed by atoms with Crippen molar-refractivity contribution in [1.29, 1.82) is 0 Å². The molecule has 0 unspecified atom stereocenters. The first-order chi connectivity index (χ1) is 10.9. The summed E-state index contributed by atoms with van der Waals surface area (Å²) in [4.78, 5) is 10.6. The average molecular weight is 330 g/mol. The van der Waals surface area contributed by atoms with E-state index in [1.165, 1.54) is 18.6 Å². The van der Waals surface area contributed by atoms with Crippen LogP contribution in [-0.4, -0.2) is 17.7 Å². The van der Waals surface area contributed by atoms with Crippen molar-refractivity contribution < 1.29 is 27.8 Å². The van der Waals surface area contributed by atoms with Gasteiger partial charge in [-0.2, -0.15) is 13.2 Å². The van der Waals surface area contributed by atoms with Crippen LogP contribution in [-0.2, 0) is 17.4 Å². The number of halogens is 3. The number of ether oxygens (including phenoxy) is 1. The largest absolute Gasteiger partial charge is 0.493 e. The van der Waals surface area contributed by atoms with E-state index in [9.17, 15) is 18.0 Å². The Balaban J connectivity index is 2.07. The first-order valence-corrected chi connectivity index (χ1v) is 7.91. The summed E-state index contributed by atoms with van der Waals surface area (Å²) in [6.45, 7) is 0.436. The number of benzene rings is 1. The van der Waals surface area contributed by atoms with Gasteiger partial charge < -0.3 is 9.84 Å². The predicted octanol–water partition coefficient (Wildman–Crippen LogP) is 4.68. The minimum atomic E-state index is -4.52. The van der Waals surface area contributed by atoms with Gasteiger partial charge in [-0.1, -0.05) is 25.3 Å². The Bertz CT molecular complexity index is 534. The van der Waals surface area contributed by atoms with Gasteiger partial charge in [-0.25, -0.2) is 0 Å². The van der Waals surface area contributed by atoms with Crippen molar-refractivity contribution in [1.82, 2.24) is 0 Å². The van der Waals surface area contributed by atoms with Crippen LogP contribution in [0.25, 0.3) is 0 Å². The number of carbonyl (C=O) groups is 1. The number of rotatable bonds is 6. The lowest BCUT2D eigenvalue weighted by Gasteiger charge is -2.22. The van der Waals surface area contributed by atoms with Crippen LogP contribution >= 0.6 is 0 Å². The second-order valence-electron chi connectivity index (χ2n) is 6.03. The van der Waals surface area contributed by atoms with Gasteiger partial charge in [0.05, 0.1) is 12.2 Å². The highest BCUT2D eigenvalue weighted by Crippen LogP contribution is 2.35. The van der Waals surface area contributed by atoms with Crippen LogP contribution < -0.4 is 4.74 Å². The zero-order valence-electron chi connectivity index (χ0n) is 12.9. The molecule has 0 atom stereocenters. The number of alkyl halides is 3. The maximum absolute atomic E-state index is 13.1. The summed E-state index contributed by atoms with van der Waals surface area (Å²) in [6, 6.07) is 3.80. The number of aryl methyl sites for hydroxylation is 1. The SMILES string of the molecule is O=C(O)CCc1ccc(OCC2CCCCC2)cc1C(F)(F)F. The summed E-state index contributed by atoms with van der Waals surface area (Å²) in [5.41, 5.74) is -0.815. The highest BCUT2D eigenvalue weighted by Gasteiger charge is 2.33.